The summed E-state index contributed by atoms with van der Waals surface area (Å²) in [7, 11) is -3.80. The molecule has 1 aliphatic rings. The first-order chi connectivity index (χ1) is 10.2. The van der Waals surface area contributed by atoms with E-state index in [-0.39, 0.29) is 17.5 Å². The van der Waals surface area contributed by atoms with E-state index in [1.165, 1.54) is 12.1 Å². The van der Waals surface area contributed by atoms with Gasteiger partial charge >= 0.3 is 5.97 Å². The van der Waals surface area contributed by atoms with Crippen LogP contribution in [0.2, 0.25) is 0 Å². The minimum atomic E-state index is -3.80. The molecule has 0 aliphatic carbocycles. The molecule has 0 spiro atoms. The Labute approximate surface area is 130 Å². The minimum absolute atomic E-state index is 0.00358. The highest BCUT2D eigenvalue weighted by molar-refractivity contribution is 7.89. The summed E-state index contributed by atoms with van der Waals surface area (Å²) in [5, 5.41) is 9.17. The van der Waals surface area contributed by atoms with Crippen LogP contribution in [0.1, 0.15) is 32.3 Å². The predicted octanol–water partition coefficient (Wildman–Crippen LogP) is 2.02. The summed E-state index contributed by atoms with van der Waals surface area (Å²) < 4.78 is 32.0. The molecular weight excluding hydrogens is 306 g/mol. The molecule has 2 rings (SSSR count). The molecule has 0 saturated carbocycles. The van der Waals surface area contributed by atoms with Crippen molar-refractivity contribution in [2.45, 2.75) is 50.7 Å². The molecule has 1 atom stereocenters. The molecule has 0 aromatic heterocycles. The molecule has 0 unspecified atom stereocenters. The van der Waals surface area contributed by atoms with E-state index < -0.39 is 22.0 Å². The number of carboxylic acid groups (broad SMARTS) is 1. The van der Waals surface area contributed by atoms with E-state index in [2.05, 4.69) is 0 Å². The fourth-order valence-electron chi connectivity index (χ4n) is 2.58. The molecule has 122 valence electrons. The lowest BCUT2D eigenvalue weighted by molar-refractivity contribution is -0.140. The number of hydrogen-bond donors (Lipinski definition) is 1. The summed E-state index contributed by atoms with van der Waals surface area (Å²) in [5.74, 6) is -0.470. The molecular formula is C15H21NO5S. The first-order valence-corrected chi connectivity index (χ1v) is 8.69. The molecule has 1 aromatic rings. The summed E-state index contributed by atoms with van der Waals surface area (Å²) in [6.45, 7) is 5.80. The van der Waals surface area contributed by atoms with E-state index in [0.717, 1.165) is 4.31 Å². The van der Waals surface area contributed by atoms with Crippen LogP contribution in [-0.4, -0.2) is 42.5 Å². The van der Waals surface area contributed by atoms with E-state index in [0.29, 0.717) is 24.2 Å². The topological polar surface area (TPSA) is 83.9 Å². The van der Waals surface area contributed by atoms with Gasteiger partial charge in [-0.3, -0.25) is 4.79 Å². The third-order valence-electron chi connectivity index (χ3n) is 3.60. The van der Waals surface area contributed by atoms with Crippen LogP contribution in [0, 0.1) is 6.92 Å². The lowest BCUT2D eigenvalue weighted by Gasteiger charge is -2.21. The van der Waals surface area contributed by atoms with Crippen LogP contribution in [0.5, 0.6) is 5.75 Å². The number of sulfonamides is 1. The zero-order valence-electron chi connectivity index (χ0n) is 12.9. The highest BCUT2D eigenvalue weighted by Gasteiger charge is 2.39. The average molecular weight is 327 g/mol. The van der Waals surface area contributed by atoms with Crippen molar-refractivity contribution in [3.8, 4) is 5.75 Å². The number of aliphatic carboxylic acids is 1. The maximum atomic E-state index is 12.7. The summed E-state index contributed by atoms with van der Waals surface area (Å²) in [4.78, 5) is 11.3. The normalized spacial score (nSPS) is 19.5. The Kier molecular flexibility index (Phi) is 4.77. The van der Waals surface area contributed by atoms with Crippen molar-refractivity contribution in [1.29, 1.82) is 0 Å². The molecule has 6 nitrogen and oxygen atoms in total. The second kappa shape index (κ2) is 6.26. The minimum Gasteiger partial charge on any atom is -0.491 e. The monoisotopic (exact) mass is 327 g/mol. The molecule has 1 heterocycles. The third kappa shape index (κ3) is 3.25. The van der Waals surface area contributed by atoms with Gasteiger partial charge < -0.3 is 9.84 Å². The molecule has 22 heavy (non-hydrogen) atoms. The van der Waals surface area contributed by atoms with E-state index in [9.17, 15) is 13.2 Å². The number of carboxylic acids is 1. The van der Waals surface area contributed by atoms with E-state index in [1.807, 2.05) is 13.8 Å². The second-order valence-corrected chi connectivity index (χ2v) is 7.60. The van der Waals surface area contributed by atoms with E-state index >= 15 is 0 Å². The number of nitrogens with zero attached hydrogens (tertiary/aromatic N) is 1. The highest BCUT2D eigenvalue weighted by Crippen LogP contribution is 2.29. The molecule has 0 amide bonds. The van der Waals surface area contributed by atoms with Gasteiger partial charge in [0.2, 0.25) is 10.0 Å². The Morgan fingerprint density at radius 3 is 2.64 bits per heavy atom. The van der Waals surface area contributed by atoms with Crippen molar-refractivity contribution in [2.75, 3.05) is 6.54 Å². The van der Waals surface area contributed by atoms with Crippen molar-refractivity contribution in [2.24, 2.45) is 0 Å². The fourth-order valence-corrected chi connectivity index (χ4v) is 4.32. The maximum Gasteiger partial charge on any atom is 0.322 e. The number of benzene rings is 1. The van der Waals surface area contributed by atoms with Gasteiger partial charge in [-0.05, 0) is 57.4 Å². The van der Waals surface area contributed by atoms with Gasteiger partial charge in [0.25, 0.3) is 0 Å². The van der Waals surface area contributed by atoms with Crippen LogP contribution in [0.15, 0.2) is 23.1 Å². The van der Waals surface area contributed by atoms with Crippen molar-refractivity contribution >= 4 is 16.0 Å². The molecule has 1 saturated heterocycles. The van der Waals surface area contributed by atoms with Crippen LogP contribution >= 0.6 is 0 Å². The third-order valence-corrected chi connectivity index (χ3v) is 5.51. The van der Waals surface area contributed by atoms with Gasteiger partial charge in [0.1, 0.15) is 11.8 Å². The Morgan fingerprint density at radius 1 is 1.41 bits per heavy atom. The van der Waals surface area contributed by atoms with Gasteiger partial charge in [-0.25, -0.2) is 8.42 Å². The molecule has 7 heteroatoms. The Balaban J connectivity index is 2.34. The Morgan fingerprint density at radius 2 is 2.09 bits per heavy atom. The highest BCUT2D eigenvalue weighted by atomic mass is 32.2. The van der Waals surface area contributed by atoms with Crippen LogP contribution in [0.25, 0.3) is 0 Å². The maximum absolute atomic E-state index is 12.7. The number of ether oxygens (including phenoxy) is 1. The largest absolute Gasteiger partial charge is 0.491 e. The standard InChI is InChI=1S/C15H21NO5S/c1-10(2)21-14-7-6-12(9-11(14)3)22(19,20)16-8-4-5-13(16)15(17)18/h6-7,9-10,13H,4-5,8H2,1-3H3,(H,17,18)/t13-/m0/s1. The Hall–Kier alpha value is -1.60. The van der Waals surface area contributed by atoms with E-state index in [1.54, 1.807) is 13.0 Å². The van der Waals surface area contributed by atoms with Gasteiger partial charge in [0.15, 0.2) is 0 Å². The molecule has 1 aliphatic heterocycles. The summed E-state index contributed by atoms with van der Waals surface area (Å²) in [6.07, 6.45) is 0.905. The van der Waals surface area contributed by atoms with Crippen molar-refractivity contribution in [3.05, 3.63) is 23.8 Å². The molecule has 0 bridgehead atoms. The zero-order chi connectivity index (χ0) is 16.5. The summed E-state index contributed by atoms with van der Waals surface area (Å²) >= 11 is 0. The first-order valence-electron chi connectivity index (χ1n) is 7.25. The van der Waals surface area contributed by atoms with Crippen molar-refractivity contribution in [1.82, 2.24) is 4.31 Å². The van der Waals surface area contributed by atoms with Gasteiger partial charge in [-0.2, -0.15) is 4.31 Å². The lowest BCUT2D eigenvalue weighted by Crippen LogP contribution is -2.40. The number of carbonyl (C=O) groups is 1. The molecule has 1 N–H and O–H groups in total. The molecule has 1 fully saturated rings. The van der Waals surface area contributed by atoms with E-state index in [4.69, 9.17) is 9.84 Å². The van der Waals surface area contributed by atoms with Crippen LogP contribution < -0.4 is 4.74 Å². The predicted molar refractivity (Wildman–Crippen MR) is 81.5 cm³/mol. The fraction of sp³-hybridized carbons (Fsp3) is 0.533. The van der Waals surface area contributed by atoms with Gasteiger partial charge in [-0.1, -0.05) is 0 Å². The Bertz CT molecular complexity index is 669. The average Bonchev–Trinajstić information content (AvgIpc) is 2.90. The SMILES string of the molecule is Cc1cc(S(=O)(=O)N2CCC[C@H]2C(=O)O)ccc1OC(C)C. The number of aryl methyl sites for hydroxylation is 1. The van der Waals surface area contributed by atoms with Gasteiger partial charge in [0.05, 0.1) is 11.0 Å². The van der Waals surface area contributed by atoms with Crippen LogP contribution in [0.3, 0.4) is 0 Å². The van der Waals surface area contributed by atoms with Crippen LogP contribution in [-0.2, 0) is 14.8 Å². The first kappa shape index (κ1) is 16.8. The second-order valence-electron chi connectivity index (χ2n) is 5.71. The van der Waals surface area contributed by atoms with Crippen LogP contribution in [0.4, 0.5) is 0 Å². The number of hydrogen-bond acceptors (Lipinski definition) is 4. The zero-order valence-corrected chi connectivity index (χ0v) is 13.8. The van der Waals surface area contributed by atoms with Gasteiger partial charge in [-0.15, -0.1) is 0 Å². The summed E-state index contributed by atoms with van der Waals surface area (Å²) in [5.41, 5.74) is 0.709. The lowest BCUT2D eigenvalue weighted by atomic mass is 10.2. The quantitative estimate of drug-likeness (QED) is 0.894. The van der Waals surface area contributed by atoms with Gasteiger partial charge in [0, 0.05) is 6.54 Å². The smallest absolute Gasteiger partial charge is 0.322 e. The number of rotatable bonds is 5. The summed E-state index contributed by atoms with van der Waals surface area (Å²) in [6, 6.07) is 3.65. The molecule has 1 aromatic carbocycles. The van der Waals surface area contributed by atoms with Crippen molar-refractivity contribution < 1.29 is 23.1 Å². The van der Waals surface area contributed by atoms with Crippen molar-refractivity contribution in [3.63, 3.8) is 0 Å². The molecule has 0 radical (unpaired) electrons.